The highest BCUT2D eigenvalue weighted by Gasteiger charge is 2.27. The number of carbonyl (C=O) groups excluding carboxylic acids is 1. The van der Waals surface area contributed by atoms with Crippen molar-refractivity contribution in [2.45, 2.75) is 12.5 Å². The maximum Gasteiger partial charge on any atom is 0.267 e. The Hall–Kier alpha value is -2.40. The molecule has 1 aromatic carbocycles. The Morgan fingerprint density at radius 3 is 2.81 bits per heavy atom. The summed E-state index contributed by atoms with van der Waals surface area (Å²) in [4.78, 5) is 17.8. The number of anilines is 1. The number of nitrogens with zero attached hydrogens (tertiary/aromatic N) is 2. The monoisotopic (exact) mass is 282 g/mol. The van der Waals surface area contributed by atoms with Crippen molar-refractivity contribution in [2.75, 3.05) is 18.0 Å². The topological polar surface area (TPSA) is 85.2 Å². The van der Waals surface area contributed by atoms with E-state index in [-0.39, 0.29) is 11.7 Å². The number of primary amides is 1. The standard InChI is InChI=1S/C16H18N4O/c17-10-14-12-5-2-1-4-11(12)8-9-20(14)15-7-3-6-13(19-15)16(18)21/h1-7,14H,8-10,17H2,(H2,18,21). The van der Waals surface area contributed by atoms with E-state index in [1.165, 1.54) is 11.1 Å². The SMILES string of the molecule is NCC1c2ccccc2CCN1c1cccc(C(N)=O)n1. The first-order valence-corrected chi connectivity index (χ1v) is 7.02. The van der Waals surface area contributed by atoms with E-state index < -0.39 is 5.91 Å². The number of benzene rings is 1. The number of hydrogen-bond acceptors (Lipinski definition) is 4. The predicted molar refractivity (Wildman–Crippen MR) is 82.0 cm³/mol. The quantitative estimate of drug-likeness (QED) is 0.887. The average Bonchev–Trinajstić information content (AvgIpc) is 2.53. The fraction of sp³-hybridized carbons (Fsp3) is 0.250. The summed E-state index contributed by atoms with van der Waals surface area (Å²) >= 11 is 0. The summed E-state index contributed by atoms with van der Waals surface area (Å²) in [6.45, 7) is 1.33. The molecule has 0 saturated heterocycles. The minimum absolute atomic E-state index is 0.0746. The normalized spacial score (nSPS) is 17.4. The summed E-state index contributed by atoms with van der Waals surface area (Å²) in [6, 6.07) is 13.7. The van der Waals surface area contributed by atoms with Crippen molar-refractivity contribution in [3.05, 3.63) is 59.3 Å². The summed E-state index contributed by atoms with van der Waals surface area (Å²) < 4.78 is 0. The third-order valence-corrected chi connectivity index (χ3v) is 3.92. The molecule has 21 heavy (non-hydrogen) atoms. The second-order valence-electron chi connectivity index (χ2n) is 5.14. The number of aromatic nitrogens is 1. The molecule has 1 amide bonds. The van der Waals surface area contributed by atoms with Crippen LogP contribution >= 0.6 is 0 Å². The largest absolute Gasteiger partial charge is 0.364 e. The first-order valence-electron chi connectivity index (χ1n) is 7.02. The number of nitrogens with two attached hydrogens (primary N) is 2. The van der Waals surface area contributed by atoms with Gasteiger partial charge in [-0.1, -0.05) is 30.3 Å². The van der Waals surface area contributed by atoms with Crippen molar-refractivity contribution in [1.29, 1.82) is 0 Å². The lowest BCUT2D eigenvalue weighted by atomic mass is 9.92. The van der Waals surface area contributed by atoms with Crippen molar-refractivity contribution in [1.82, 2.24) is 4.98 Å². The van der Waals surface area contributed by atoms with E-state index in [1.807, 2.05) is 18.2 Å². The molecule has 108 valence electrons. The summed E-state index contributed by atoms with van der Waals surface area (Å²) in [5.41, 5.74) is 14.1. The van der Waals surface area contributed by atoms with E-state index in [1.54, 1.807) is 12.1 Å². The molecule has 0 spiro atoms. The third-order valence-electron chi connectivity index (χ3n) is 3.92. The molecule has 1 unspecified atom stereocenters. The van der Waals surface area contributed by atoms with E-state index in [0.29, 0.717) is 6.54 Å². The Labute approximate surface area is 123 Å². The van der Waals surface area contributed by atoms with E-state index in [2.05, 4.69) is 22.0 Å². The van der Waals surface area contributed by atoms with Gasteiger partial charge in [-0.2, -0.15) is 0 Å². The first-order chi connectivity index (χ1) is 10.2. The van der Waals surface area contributed by atoms with Gasteiger partial charge >= 0.3 is 0 Å². The van der Waals surface area contributed by atoms with Crippen molar-refractivity contribution in [2.24, 2.45) is 11.5 Å². The summed E-state index contributed by atoms with van der Waals surface area (Å²) in [6.07, 6.45) is 0.940. The first kappa shape index (κ1) is 13.6. The van der Waals surface area contributed by atoms with E-state index >= 15 is 0 Å². The minimum atomic E-state index is -0.515. The van der Waals surface area contributed by atoms with Gasteiger partial charge in [0.05, 0.1) is 6.04 Å². The van der Waals surface area contributed by atoms with Crippen LogP contribution in [0.25, 0.3) is 0 Å². The van der Waals surface area contributed by atoms with E-state index in [9.17, 15) is 4.79 Å². The van der Waals surface area contributed by atoms with E-state index in [4.69, 9.17) is 11.5 Å². The Morgan fingerprint density at radius 1 is 1.24 bits per heavy atom. The lowest BCUT2D eigenvalue weighted by Crippen LogP contribution is -2.40. The van der Waals surface area contributed by atoms with Crippen molar-refractivity contribution in [3.8, 4) is 0 Å². The molecule has 1 aliphatic heterocycles. The predicted octanol–water partition coefficient (Wildman–Crippen LogP) is 1.24. The molecule has 0 bridgehead atoms. The molecular formula is C16H18N4O. The van der Waals surface area contributed by atoms with Gasteiger partial charge in [-0.25, -0.2) is 4.98 Å². The number of hydrogen-bond donors (Lipinski definition) is 2. The third kappa shape index (κ3) is 2.48. The van der Waals surface area contributed by atoms with Gasteiger partial charge in [0.2, 0.25) is 0 Å². The molecule has 4 N–H and O–H groups in total. The molecule has 1 atom stereocenters. The van der Waals surface area contributed by atoms with Crippen LogP contribution in [-0.2, 0) is 6.42 Å². The smallest absolute Gasteiger partial charge is 0.267 e. The average molecular weight is 282 g/mol. The lowest BCUT2D eigenvalue weighted by Gasteiger charge is -2.37. The molecular weight excluding hydrogens is 264 g/mol. The van der Waals surface area contributed by atoms with Crippen molar-refractivity contribution >= 4 is 11.7 Å². The van der Waals surface area contributed by atoms with Crippen LogP contribution in [0.3, 0.4) is 0 Å². The Morgan fingerprint density at radius 2 is 2.05 bits per heavy atom. The van der Waals surface area contributed by atoms with Gasteiger partial charge in [0.1, 0.15) is 11.5 Å². The Bertz CT molecular complexity index is 671. The fourth-order valence-electron chi connectivity index (χ4n) is 2.90. The van der Waals surface area contributed by atoms with Gasteiger partial charge < -0.3 is 16.4 Å². The molecule has 0 saturated carbocycles. The van der Waals surface area contributed by atoms with Gasteiger partial charge in [-0.15, -0.1) is 0 Å². The molecule has 5 heteroatoms. The van der Waals surface area contributed by atoms with Gasteiger partial charge in [-0.3, -0.25) is 4.79 Å². The van der Waals surface area contributed by atoms with Crippen LogP contribution in [0.5, 0.6) is 0 Å². The number of carbonyl (C=O) groups is 1. The maximum atomic E-state index is 11.3. The lowest BCUT2D eigenvalue weighted by molar-refractivity contribution is 0.0995. The highest BCUT2D eigenvalue weighted by atomic mass is 16.1. The van der Waals surface area contributed by atoms with Crippen LogP contribution < -0.4 is 16.4 Å². The number of amides is 1. The summed E-state index contributed by atoms with van der Waals surface area (Å²) in [5, 5.41) is 0. The molecule has 0 radical (unpaired) electrons. The van der Waals surface area contributed by atoms with Crippen molar-refractivity contribution in [3.63, 3.8) is 0 Å². The Balaban J connectivity index is 2.00. The summed E-state index contributed by atoms with van der Waals surface area (Å²) in [5.74, 6) is 0.231. The minimum Gasteiger partial charge on any atom is -0.364 e. The van der Waals surface area contributed by atoms with Crippen LogP contribution in [0.1, 0.15) is 27.7 Å². The number of pyridine rings is 1. The molecule has 2 aromatic rings. The van der Waals surface area contributed by atoms with Gasteiger partial charge in [0.15, 0.2) is 0 Å². The fourth-order valence-corrected chi connectivity index (χ4v) is 2.90. The Kier molecular flexibility index (Phi) is 3.58. The zero-order chi connectivity index (χ0) is 14.8. The maximum absolute atomic E-state index is 11.3. The van der Waals surface area contributed by atoms with Gasteiger partial charge in [0.25, 0.3) is 5.91 Å². The number of fused-ring (bicyclic) bond motifs is 1. The molecule has 3 rings (SSSR count). The molecule has 0 aliphatic carbocycles. The highest BCUT2D eigenvalue weighted by Crippen LogP contribution is 2.32. The molecule has 2 heterocycles. The summed E-state index contributed by atoms with van der Waals surface area (Å²) in [7, 11) is 0. The van der Waals surface area contributed by atoms with Crippen LogP contribution in [0.15, 0.2) is 42.5 Å². The zero-order valence-corrected chi connectivity index (χ0v) is 11.7. The van der Waals surface area contributed by atoms with Crippen LogP contribution in [0.2, 0.25) is 0 Å². The molecule has 0 fully saturated rings. The van der Waals surface area contributed by atoms with E-state index in [0.717, 1.165) is 18.8 Å². The van der Waals surface area contributed by atoms with Crippen molar-refractivity contribution < 1.29 is 4.79 Å². The zero-order valence-electron chi connectivity index (χ0n) is 11.7. The second kappa shape index (κ2) is 5.54. The molecule has 1 aromatic heterocycles. The van der Waals surface area contributed by atoms with Gasteiger partial charge in [-0.05, 0) is 29.7 Å². The van der Waals surface area contributed by atoms with Gasteiger partial charge in [0, 0.05) is 13.1 Å². The van der Waals surface area contributed by atoms with Crippen LogP contribution in [-0.4, -0.2) is 24.0 Å². The molecule has 5 nitrogen and oxygen atoms in total. The second-order valence-corrected chi connectivity index (χ2v) is 5.14. The highest BCUT2D eigenvalue weighted by molar-refractivity contribution is 5.91. The van der Waals surface area contributed by atoms with Crippen LogP contribution in [0, 0.1) is 0 Å². The number of rotatable bonds is 3. The molecule has 1 aliphatic rings. The van der Waals surface area contributed by atoms with Crippen LogP contribution in [0.4, 0.5) is 5.82 Å².